The molecule has 3 aromatic rings. The Labute approximate surface area is 232 Å². The summed E-state index contributed by atoms with van der Waals surface area (Å²) in [6, 6.07) is 23.1. The Balaban J connectivity index is 1.59. The Bertz CT molecular complexity index is 1210. The molecule has 0 fully saturated rings. The Morgan fingerprint density at radius 1 is 1.00 bits per heavy atom. The first-order valence-electron chi connectivity index (χ1n) is 12.8. The van der Waals surface area contributed by atoms with Crippen LogP contribution in [0.2, 0.25) is 23.2 Å². The van der Waals surface area contributed by atoms with Gasteiger partial charge in [0.1, 0.15) is 5.75 Å². The molecule has 2 N–H and O–H groups in total. The Kier molecular flexibility index (Phi) is 9.52. The second kappa shape index (κ2) is 12.2. The molecule has 0 bridgehead atoms. The van der Waals surface area contributed by atoms with E-state index in [1.807, 2.05) is 43.4 Å². The van der Waals surface area contributed by atoms with Crippen molar-refractivity contribution in [1.29, 1.82) is 0 Å². The Morgan fingerprint density at radius 3 is 2.11 bits per heavy atom. The summed E-state index contributed by atoms with van der Waals surface area (Å²) in [6.45, 7) is 11.4. The van der Waals surface area contributed by atoms with Crippen molar-refractivity contribution in [3.05, 3.63) is 88.9 Å². The highest BCUT2D eigenvalue weighted by molar-refractivity contribution is 6.74. The van der Waals surface area contributed by atoms with Gasteiger partial charge in [0.25, 0.3) is 0 Å². The Hall–Kier alpha value is -3.00. The number of benzene rings is 3. The molecule has 0 heterocycles. The van der Waals surface area contributed by atoms with Crippen LogP contribution in [0.25, 0.3) is 0 Å². The van der Waals surface area contributed by atoms with E-state index in [4.69, 9.17) is 16.0 Å². The van der Waals surface area contributed by atoms with Gasteiger partial charge < -0.3 is 24.4 Å². The number of aliphatic hydroxyl groups is 1. The predicted octanol–water partition coefficient (Wildman–Crippen LogP) is 7.75. The molecule has 0 saturated heterocycles. The van der Waals surface area contributed by atoms with Crippen LogP contribution in [0.4, 0.5) is 16.2 Å². The lowest BCUT2D eigenvalue weighted by atomic mass is 10.1. The summed E-state index contributed by atoms with van der Waals surface area (Å²) < 4.78 is 6.39. The molecule has 0 saturated carbocycles. The summed E-state index contributed by atoms with van der Waals surface area (Å²) in [5.74, 6) is 0.896. The molecule has 0 aromatic heterocycles. The number of rotatable bonds is 10. The molecule has 38 heavy (non-hydrogen) atoms. The molecule has 0 aliphatic heterocycles. The van der Waals surface area contributed by atoms with Crippen LogP contribution in [-0.4, -0.2) is 49.7 Å². The van der Waals surface area contributed by atoms with Crippen molar-refractivity contribution >= 4 is 37.4 Å². The highest BCUT2D eigenvalue weighted by atomic mass is 35.5. The Morgan fingerprint density at radius 2 is 1.58 bits per heavy atom. The minimum Gasteiger partial charge on any atom is -0.544 e. The minimum absolute atomic E-state index is 0.0222. The first kappa shape index (κ1) is 29.6. The number of hydrogen-bond donors (Lipinski definition) is 2. The molecule has 0 aliphatic rings. The molecule has 0 unspecified atom stereocenters. The fourth-order valence-electron chi connectivity index (χ4n) is 3.78. The molecular weight excluding hydrogens is 516 g/mol. The van der Waals surface area contributed by atoms with Gasteiger partial charge in [0, 0.05) is 30.0 Å². The molecule has 0 aliphatic carbocycles. The fourth-order valence-corrected chi connectivity index (χ4v) is 5.01. The van der Waals surface area contributed by atoms with Crippen molar-refractivity contribution in [1.82, 2.24) is 4.90 Å². The molecule has 0 radical (unpaired) electrons. The van der Waals surface area contributed by atoms with E-state index in [0.29, 0.717) is 17.0 Å². The number of anilines is 2. The zero-order chi connectivity index (χ0) is 28.1. The lowest BCUT2D eigenvalue weighted by molar-refractivity contribution is 0.0973. The molecule has 6 nitrogen and oxygen atoms in total. The number of hydrogen-bond acceptors (Lipinski definition) is 4. The van der Waals surface area contributed by atoms with E-state index in [1.54, 1.807) is 24.3 Å². The summed E-state index contributed by atoms with van der Waals surface area (Å²) in [5, 5.41) is 20.8. The van der Waals surface area contributed by atoms with E-state index in [9.17, 15) is 15.0 Å². The van der Waals surface area contributed by atoms with Crippen molar-refractivity contribution in [2.45, 2.75) is 51.4 Å². The van der Waals surface area contributed by atoms with E-state index in [2.05, 4.69) is 50.9 Å². The van der Waals surface area contributed by atoms with Gasteiger partial charge in [-0.05, 0) is 84.2 Å². The normalized spacial score (nSPS) is 12.6. The second-order valence-corrected chi connectivity index (χ2v) is 16.3. The summed E-state index contributed by atoms with van der Waals surface area (Å²) >= 11 is 6.00. The first-order chi connectivity index (χ1) is 17.8. The van der Waals surface area contributed by atoms with E-state index in [-0.39, 0.29) is 18.1 Å². The predicted molar refractivity (Wildman–Crippen MR) is 158 cm³/mol. The maximum Gasteiger partial charge on any atom is 0.407 e. The third-order valence-corrected chi connectivity index (χ3v) is 11.9. The number of carboxylic acid groups (broad SMARTS) is 1. The van der Waals surface area contributed by atoms with Gasteiger partial charge in [0.15, 0.2) is 0 Å². The third-order valence-electron chi connectivity index (χ3n) is 7.29. The molecule has 1 amide bonds. The van der Waals surface area contributed by atoms with Gasteiger partial charge in [0.2, 0.25) is 8.32 Å². The highest BCUT2D eigenvalue weighted by Gasteiger charge is 2.38. The molecule has 1 atom stereocenters. The van der Waals surface area contributed by atoms with Gasteiger partial charge in [-0.1, -0.05) is 56.6 Å². The minimum atomic E-state index is -1.89. The third kappa shape index (κ3) is 7.76. The molecule has 204 valence electrons. The maximum absolute atomic E-state index is 11.8. The van der Waals surface area contributed by atoms with Crippen molar-refractivity contribution < 1.29 is 19.4 Å². The molecule has 3 aromatic carbocycles. The van der Waals surface area contributed by atoms with E-state index < -0.39 is 20.5 Å². The lowest BCUT2D eigenvalue weighted by Gasteiger charge is -2.36. The fraction of sp³-hybridized carbons (Fsp3) is 0.367. The monoisotopic (exact) mass is 554 g/mol. The number of carbonyl (C=O) groups is 1. The summed E-state index contributed by atoms with van der Waals surface area (Å²) in [6.07, 6.45) is -1.47. The van der Waals surface area contributed by atoms with Gasteiger partial charge in [0.05, 0.1) is 12.6 Å². The number of aliphatic hydroxyl groups excluding tert-OH is 1. The largest absolute Gasteiger partial charge is 0.544 e. The SMILES string of the molecule is CN(c1ccc(CCN(C[C@@H](O)c2cccc(Cl)c2)C(=O)O)cc1)c1ccc(O[Si](C)(C)C(C)(C)C)cc1. The molecule has 0 spiro atoms. The summed E-state index contributed by atoms with van der Waals surface area (Å²) in [7, 11) is 0.130. The van der Waals surface area contributed by atoms with Gasteiger partial charge in [-0.3, -0.25) is 0 Å². The topological polar surface area (TPSA) is 73.2 Å². The molecular formula is C30H39ClN2O4Si. The van der Waals surface area contributed by atoms with Crippen LogP contribution < -0.4 is 9.33 Å². The standard InChI is InChI=1S/C30H39ClN2O4Si/c1-30(2,3)38(5,6)37-27-16-14-26(15-17-27)32(4)25-12-10-22(11-13-25)18-19-33(29(35)36)21-28(34)23-8-7-9-24(31)20-23/h7-17,20,28,34H,18-19,21H2,1-6H3,(H,35,36)/t28-/m1/s1. The quantitative estimate of drug-likeness (QED) is 0.251. The number of nitrogens with zero attached hydrogens (tertiary/aromatic N) is 2. The number of amides is 1. The highest BCUT2D eigenvalue weighted by Crippen LogP contribution is 2.38. The van der Waals surface area contributed by atoms with Crippen LogP contribution in [-0.2, 0) is 6.42 Å². The van der Waals surface area contributed by atoms with Crippen LogP contribution in [0, 0.1) is 0 Å². The van der Waals surface area contributed by atoms with Crippen molar-refractivity contribution in [3.63, 3.8) is 0 Å². The van der Waals surface area contributed by atoms with Crippen LogP contribution >= 0.6 is 11.6 Å². The van der Waals surface area contributed by atoms with E-state index in [1.165, 1.54) is 4.90 Å². The summed E-state index contributed by atoms with van der Waals surface area (Å²) in [5.41, 5.74) is 3.69. The summed E-state index contributed by atoms with van der Waals surface area (Å²) in [4.78, 5) is 15.1. The second-order valence-electron chi connectivity index (χ2n) is 11.1. The van der Waals surface area contributed by atoms with Crippen LogP contribution in [0.3, 0.4) is 0 Å². The van der Waals surface area contributed by atoms with Crippen molar-refractivity contribution in [2.75, 3.05) is 25.0 Å². The van der Waals surface area contributed by atoms with E-state index >= 15 is 0 Å². The van der Waals surface area contributed by atoms with Crippen LogP contribution in [0.5, 0.6) is 5.75 Å². The van der Waals surface area contributed by atoms with Crippen LogP contribution in [0.1, 0.15) is 38.0 Å². The first-order valence-corrected chi connectivity index (χ1v) is 16.1. The van der Waals surface area contributed by atoms with Gasteiger partial charge in [-0.25, -0.2) is 4.79 Å². The smallest absolute Gasteiger partial charge is 0.407 e. The maximum atomic E-state index is 11.8. The van der Waals surface area contributed by atoms with Gasteiger partial charge in [-0.15, -0.1) is 0 Å². The number of halogens is 1. The van der Waals surface area contributed by atoms with Gasteiger partial charge >= 0.3 is 6.09 Å². The van der Waals surface area contributed by atoms with Gasteiger partial charge in [-0.2, -0.15) is 0 Å². The van der Waals surface area contributed by atoms with Crippen molar-refractivity contribution in [3.8, 4) is 5.75 Å². The van der Waals surface area contributed by atoms with E-state index in [0.717, 1.165) is 22.7 Å². The van der Waals surface area contributed by atoms with Crippen molar-refractivity contribution in [2.24, 2.45) is 0 Å². The molecule has 8 heteroatoms. The van der Waals surface area contributed by atoms with Crippen LogP contribution in [0.15, 0.2) is 72.8 Å². The zero-order valence-corrected chi connectivity index (χ0v) is 24.9. The zero-order valence-electron chi connectivity index (χ0n) is 23.1. The lowest BCUT2D eigenvalue weighted by Crippen LogP contribution is -2.43. The molecule has 3 rings (SSSR count). The average molecular weight is 555 g/mol. The average Bonchev–Trinajstić information content (AvgIpc) is 2.85.